The van der Waals surface area contributed by atoms with E-state index in [2.05, 4.69) is 6.07 Å². The molecule has 21 heavy (non-hydrogen) atoms. The Kier molecular flexibility index (Phi) is 4.46. The SMILES string of the molecule is COc1cccc(N(C)c2ccccc2C#N)c1[C@H](C)N. The Balaban J connectivity index is 2.59. The minimum Gasteiger partial charge on any atom is -0.496 e. The molecule has 0 saturated heterocycles. The fourth-order valence-electron chi connectivity index (χ4n) is 2.45. The van der Waals surface area contributed by atoms with Crippen molar-refractivity contribution in [3.8, 4) is 11.8 Å². The number of hydrogen-bond donors (Lipinski definition) is 1. The highest BCUT2D eigenvalue weighted by atomic mass is 16.5. The van der Waals surface area contributed by atoms with E-state index in [0.717, 1.165) is 22.7 Å². The van der Waals surface area contributed by atoms with Crippen molar-refractivity contribution >= 4 is 11.4 Å². The van der Waals surface area contributed by atoms with E-state index in [-0.39, 0.29) is 6.04 Å². The van der Waals surface area contributed by atoms with Crippen LogP contribution in [0, 0.1) is 11.3 Å². The van der Waals surface area contributed by atoms with Gasteiger partial charge >= 0.3 is 0 Å². The van der Waals surface area contributed by atoms with Crippen LogP contribution in [0.5, 0.6) is 5.75 Å². The van der Waals surface area contributed by atoms with Gasteiger partial charge in [0.25, 0.3) is 0 Å². The molecule has 2 N–H and O–H groups in total. The molecule has 0 fully saturated rings. The lowest BCUT2D eigenvalue weighted by atomic mass is 10.0. The third-order valence-corrected chi connectivity index (χ3v) is 3.47. The van der Waals surface area contributed by atoms with Crippen molar-refractivity contribution in [2.24, 2.45) is 5.73 Å². The van der Waals surface area contributed by atoms with Crippen LogP contribution in [0.4, 0.5) is 11.4 Å². The second-order valence-corrected chi connectivity index (χ2v) is 4.87. The van der Waals surface area contributed by atoms with Gasteiger partial charge in [-0.05, 0) is 31.2 Å². The number of anilines is 2. The van der Waals surface area contributed by atoms with Crippen LogP contribution >= 0.6 is 0 Å². The molecule has 4 nitrogen and oxygen atoms in total. The predicted octanol–water partition coefficient (Wildman–Crippen LogP) is 3.35. The summed E-state index contributed by atoms with van der Waals surface area (Å²) in [6.07, 6.45) is 0. The smallest absolute Gasteiger partial charge is 0.125 e. The van der Waals surface area contributed by atoms with E-state index < -0.39 is 0 Å². The normalized spacial score (nSPS) is 11.6. The van der Waals surface area contributed by atoms with Crippen LogP contribution in [0.1, 0.15) is 24.1 Å². The van der Waals surface area contributed by atoms with Crippen LogP contribution in [-0.4, -0.2) is 14.2 Å². The molecule has 0 aliphatic heterocycles. The van der Waals surface area contributed by atoms with Crippen LogP contribution in [0.3, 0.4) is 0 Å². The maximum atomic E-state index is 9.27. The molecule has 2 aromatic carbocycles. The van der Waals surface area contributed by atoms with Gasteiger partial charge in [0.15, 0.2) is 0 Å². The summed E-state index contributed by atoms with van der Waals surface area (Å²) in [4.78, 5) is 1.97. The van der Waals surface area contributed by atoms with Gasteiger partial charge in [-0.15, -0.1) is 0 Å². The number of para-hydroxylation sites is 1. The molecule has 1 atom stereocenters. The summed E-state index contributed by atoms with van der Waals surface area (Å²) in [7, 11) is 3.56. The first-order valence-electron chi connectivity index (χ1n) is 6.75. The second kappa shape index (κ2) is 6.29. The lowest BCUT2D eigenvalue weighted by Gasteiger charge is -2.26. The molecule has 108 valence electrons. The largest absolute Gasteiger partial charge is 0.496 e. The Hall–Kier alpha value is -2.51. The van der Waals surface area contributed by atoms with E-state index in [9.17, 15) is 5.26 Å². The molecule has 2 rings (SSSR count). The quantitative estimate of drug-likeness (QED) is 0.933. The van der Waals surface area contributed by atoms with Crippen molar-refractivity contribution in [1.29, 1.82) is 5.26 Å². The van der Waals surface area contributed by atoms with Gasteiger partial charge in [0.1, 0.15) is 11.8 Å². The molecule has 0 radical (unpaired) electrons. The van der Waals surface area contributed by atoms with E-state index >= 15 is 0 Å². The lowest BCUT2D eigenvalue weighted by molar-refractivity contribution is 0.407. The summed E-state index contributed by atoms with van der Waals surface area (Å²) >= 11 is 0. The van der Waals surface area contributed by atoms with Crippen molar-refractivity contribution in [2.75, 3.05) is 19.1 Å². The second-order valence-electron chi connectivity index (χ2n) is 4.87. The van der Waals surface area contributed by atoms with E-state index in [1.807, 2.05) is 55.3 Å². The summed E-state index contributed by atoms with van der Waals surface area (Å²) in [5, 5.41) is 9.27. The Labute approximate surface area is 125 Å². The Bertz CT molecular complexity index is 674. The number of methoxy groups -OCH3 is 1. The van der Waals surface area contributed by atoms with Crippen molar-refractivity contribution in [3.63, 3.8) is 0 Å². The molecule has 0 aliphatic carbocycles. The molecule has 0 unspecified atom stereocenters. The first kappa shape index (κ1) is 14.9. The van der Waals surface area contributed by atoms with Crippen molar-refractivity contribution in [1.82, 2.24) is 0 Å². The number of nitriles is 1. The van der Waals surface area contributed by atoms with E-state index in [4.69, 9.17) is 10.5 Å². The topological polar surface area (TPSA) is 62.3 Å². The standard InChI is InChI=1S/C17H19N3O/c1-12(19)17-15(9-6-10-16(17)21-3)20(2)14-8-5-4-7-13(14)11-18/h4-10,12H,19H2,1-3H3/t12-/m0/s1. The van der Waals surface area contributed by atoms with Crippen LogP contribution in [0.2, 0.25) is 0 Å². The zero-order chi connectivity index (χ0) is 15.4. The van der Waals surface area contributed by atoms with Crippen molar-refractivity contribution in [2.45, 2.75) is 13.0 Å². The summed E-state index contributed by atoms with van der Waals surface area (Å²) in [6.45, 7) is 1.92. The molecule has 0 aliphatic rings. The zero-order valence-electron chi connectivity index (χ0n) is 12.5. The van der Waals surface area contributed by atoms with Gasteiger partial charge in [0.05, 0.1) is 18.4 Å². The number of nitrogens with two attached hydrogens (primary N) is 1. The fourth-order valence-corrected chi connectivity index (χ4v) is 2.45. The van der Waals surface area contributed by atoms with Crippen molar-refractivity contribution < 1.29 is 4.74 Å². The van der Waals surface area contributed by atoms with Crippen LogP contribution < -0.4 is 15.4 Å². The number of ether oxygens (including phenoxy) is 1. The molecular weight excluding hydrogens is 262 g/mol. The average molecular weight is 281 g/mol. The number of rotatable bonds is 4. The third kappa shape index (κ3) is 2.83. The van der Waals surface area contributed by atoms with Crippen LogP contribution in [0.25, 0.3) is 0 Å². The Morgan fingerprint density at radius 3 is 2.43 bits per heavy atom. The molecule has 0 saturated carbocycles. The van der Waals surface area contributed by atoms with Crippen LogP contribution in [-0.2, 0) is 0 Å². The molecule has 0 amide bonds. The monoisotopic (exact) mass is 281 g/mol. The number of hydrogen-bond acceptors (Lipinski definition) is 4. The van der Waals surface area contributed by atoms with E-state index in [1.165, 1.54) is 0 Å². The molecule has 0 heterocycles. The predicted molar refractivity (Wildman–Crippen MR) is 84.8 cm³/mol. The van der Waals surface area contributed by atoms with Crippen molar-refractivity contribution in [3.05, 3.63) is 53.6 Å². The first-order chi connectivity index (χ1) is 10.1. The Morgan fingerprint density at radius 1 is 1.14 bits per heavy atom. The zero-order valence-corrected chi connectivity index (χ0v) is 12.5. The average Bonchev–Trinajstić information content (AvgIpc) is 2.53. The van der Waals surface area contributed by atoms with Gasteiger partial charge in [-0.3, -0.25) is 0 Å². The molecular formula is C17H19N3O. The van der Waals surface area contributed by atoms with Gasteiger partial charge in [-0.1, -0.05) is 18.2 Å². The minimum atomic E-state index is -0.173. The van der Waals surface area contributed by atoms with Gasteiger partial charge in [-0.2, -0.15) is 5.26 Å². The van der Waals surface area contributed by atoms with Gasteiger partial charge in [0, 0.05) is 24.3 Å². The molecule has 4 heteroatoms. The van der Waals surface area contributed by atoms with Crippen LogP contribution in [0.15, 0.2) is 42.5 Å². The third-order valence-electron chi connectivity index (χ3n) is 3.47. The fraction of sp³-hybridized carbons (Fsp3) is 0.235. The highest BCUT2D eigenvalue weighted by Crippen LogP contribution is 2.37. The molecule has 0 aromatic heterocycles. The van der Waals surface area contributed by atoms with E-state index in [0.29, 0.717) is 5.56 Å². The minimum absolute atomic E-state index is 0.173. The highest BCUT2D eigenvalue weighted by Gasteiger charge is 2.18. The summed E-state index contributed by atoms with van der Waals surface area (Å²) in [5.41, 5.74) is 9.44. The molecule has 0 bridgehead atoms. The first-order valence-corrected chi connectivity index (χ1v) is 6.75. The molecule has 2 aromatic rings. The summed E-state index contributed by atoms with van der Waals surface area (Å²) in [6, 6.07) is 15.3. The maximum Gasteiger partial charge on any atom is 0.125 e. The number of benzene rings is 2. The Morgan fingerprint density at radius 2 is 1.81 bits per heavy atom. The molecule has 0 spiro atoms. The van der Waals surface area contributed by atoms with E-state index in [1.54, 1.807) is 13.2 Å². The van der Waals surface area contributed by atoms with Gasteiger partial charge < -0.3 is 15.4 Å². The van der Waals surface area contributed by atoms with Gasteiger partial charge in [-0.25, -0.2) is 0 Å². The highest BCUT2D eigenvalue weighted by molar-refractivity contribution is 5.73. The number of nitrogens with zero attached hydrogens (tertiary/aromatic N) is 2. The van der Waals surface area contributed by atoms with Gasteiger partial charge in [0.2, 0.25) is 0 Å². The summed E-state index contributed by atoms with van der Waals surface area (Å²) in [5.74, 6) is 0.754. The lowest BCUT2D eigenvalue weighted by Crippen LogP contribution is -2.17. The maximum absolute atomic E-state index is 9.27. The summed E-state index contributed by atoms with van der Waals surface area (Å²) < 4.78 is 5.42.